The lowest BCUT2D eigenvalue weighted by Gasteiger charge is -2.42. The summed E-state index contributed by atoms with van der Waals surface area (Å²) in [5, 5.41) is 9.71. The molecule has 7 rings (SSSR count). The van der Waals surface area contributed by atoms with Crippen LogP contribution in [0.25, 0.3) is 0 Å². The molecular formula is C30H31N5O3. The minimum atomic E-state index is -0.614. The van der Waals surface area contributed by atoms with Crippen molar-refractivity contribution in [2.45, 2.75) is 42.7 Å². The van der Waals surface area contributed by atoms with Crippen LogP contribution in [0, 0.1) is 0 Å². The third-order valence-electron chi connectivity index (χ3n) is 8.60. The monoisotopic (exact) mass is 509 g/mol. The number of anilines is 2. The van der Waals surface area contributed by atoms with E-state index in [0.717, 1.165) is 40.9 Å². The number of carbonyl (C=O) groups excluding carboxylic acids is 2. The van der Waals surface area contributed by atoms with Gasteiger partial charge in [-0.05, 0) is 60.6 Å². The lowest BCUT2D eigenvalue weighted by molar-refractivity contribution is -0.122. The van der Waals surface area contributed by atoms with Gasteiger partial charge in [0.25, 0.3) is 0 Å². The van der Waals surface area contributed by atoms with Gasteiger partial charge in [-0.15, -0.1) is 0 Å². The van der Waals surface area contributed by atoms with Crippen LogP contribution >= 0.6 is 0 Å². The molecule has 1 saturated carbocycles. The summed E-state index contributed by atoms with van der Waals surface area (Å²) in [7, 11) is 0. The number of nitrogens with zero attached hydrogens (tertiary/aromatic N) is 2. The highest BCUT2D eigenvalue weighted by atomic mass is 16.2. The molecule has 3 heterocycles. The van der Waals surface area contributed by atoms with Crippen LogP contribution in [0.3, 0.4) is 0 Å². The van der Waals surface area contributed by atoms with Gasteiger partial charge in [0.1, 0.15) is 11.4 Å². The van der Waals surface area contributed by atoms with Gasteiger partial charge >= 0.3 is 0 Å². The zero-order chi connectivity index (χ0) is 25.2. The van der Waals surface area contributed by atoms with Crippen LogP contribution in [0.5, 0.6) is 0 Å². The van der Waals surface area contributed by atoms with Crippen LogP contribution < -0.4 is 16.0 Å². The molecule has 1 aromatic heterocycles. The first-order valence-electron chi connectivity index (χ1n) is 12.9. The maximum atomic E-state index is 13.7. The fourth-order valence-electron chi connectivity index (χ4n) is 6.43. The molecule has 8 nitrogen and oxygen atoms in total. The molecule has 0 bridgehead atoms. The smallest absolute Gasteiger partial charge is 0.250 e. The van der Waals surface area contributed by atoms with Gasteiger partial charge in [-0.3, -0.25) is 9.59 Å². The highest BCUT2D eigenvalue weighted by Gasteiger charge is 2.56. The van der Waals surface area contributed by atoms with Crippen molar-refractivity contribution in [2.75, 3.05) is 23.7 Å². The molecule has 1 unspecified atom stereocenters. The quantitative estimate of drug-likeness (QED) is 0.500. The maximum Gasteiger partial charge on any atom is 0.250 e. The van der Waals surface area contributed by atoms with Crippen molar-refractivity contribution < 1.29 is 15.1 Å². The summed E-state index contributed by atoms with van der Waals surface area (Å²) in [6, 6.07) is 20.5. The minimum Gasteiger partial charge on any atom is -0.412 e. The second kappa shape index (κ2) is 8.79. The fraction of sp³-hybridized carbons (Fsp3) is 0.300. The molecule has 1 saturated heterocycles. The Morgan fingerprint density at radius 2 is 1.84 bits per heavy atom. The number of nitrogens with one attached hydrogen (secondary N) is 3. The third-order valence-corrected chi connectivity index (χ3v) is 8.60. The first-order valence-corrected chi connectivity index (χ1v) is 12.9. The average molecular weight is 510 g/mol. The standard InChI is InChI=1S/C30H29N5O2.H2O/c1-19-17-32-25(20-6-3-2-4-7-20)18-35(19)30(11-12-30)28(37)33-23-10-9-21-15-29(16-22(21)14-23)24-8-5-13-31-26(24)34-27(29)36;/h2-10,13-14,25,32H,1,11-12,15-18H2,(H,33,37)(H,31,34,36);1H2/t25?,29-;/m1./s1. The Morgan fingerprint density at radius 1 is 1.05 bits per heavy atom. The number of rotatable bonds is 4. The predicted molar refractivity (Wildman–Crippen MR) is 146 cm³/mol. The van der Waals surface area contributed by atoms with E-state index in [9.17, 15) is 9.59 Å². The Morgan fingerprint density at radius 3 is 2.63 bits per heavy atom. The predicted octanol–water partition coefficient (Wildman–Crippen LogP) is 2.88. The molecule has 4 aliphatic rings. The Labute approximate surface area is 221 Å². The molecule has 2 fully saturated rings. The molecule has 2 amide bonds. The van der Waals surface area contributed by atoms with Crippen LogP contribution in [0.1, 0.15) is 41.1 Å². The summed E-state index contributed by atoms with van der Waals surface area (Å²) in [5.41, 5.74) is 4.99. The summed E-state index contributed by atoms with van der Waals surface area (Å²) in [6.07, 6.45) is 4.59. The van der Waals surface area contributed by atoms with Crippen molar-refractivity contribution in [3.8, 4) is 0 Å². The summed E-state index contributed by atoms with van der Waals surface area (Å²) < 4.78 is 0. The molecule has 38 heavy (non-hydrogen) atoms. The summed E-state index contributed by atoms with van der Waals surface area (Å²) in [6.45, 7) is 5.65. The normalized spacial score (nSPS) is 24.3. The SMILES string of the molecule is C=C1CNC(c2ccccc2)CN1C1(C(=O)Nc2ccc3c(c2)C[C@@]2(C3)C(=O)Nc3ncccc32)CC1.O. The van der Waals surface area contributed by atoms with Gasteiger partial charge < -0.3 is 26.3 Å². The lowest BCUT2D eigenvalue weighted by Crippen LogP contribution is -2.53. The molecule has 1 spiro atoms. The van der Waals surface area contributed by atoms with E-state index in [2.05, 4.69) is 50.6 Å². The van der Waals surface area contributed by atoms with Crippen molar-refractivity contribution in [1.82, 2.24) is 15.2 Å². The number of hydrogen-bond acceptors (Lipinski definition) is 5. The van der Waals surface area contributed by atoms with Gasteiger partial charge in [0, 0.05) is 36.2 Å². The van der Waals surface area contributed by atoms with Gasteiger partial charge in [0.15, 0.2) is 0 Å². The van der Waals surface area contributed by atoms with Gasteiger partial charge in [-0.1, -0.05) is 49.0 Å². The van der Waals surface area contributed by atoms with E-state index < -0.39 is 11.0 Å². The van der Waals surface area contributed by atoms with Crippen LogP contribution in [-0.4, -0.2) is 45.8 Å². The second-order valence-electron chi connectivity index (χ2n) is 10.8. The highest BCUT2D eigenvalue weighted by molar-refractivity contribution is 6.06. The van der Waals surface area contributed by atoms with Crippen molar-refractivity contribution in [2.24, 2.45) is 0 Å². The largest absolute Gasteiger partial charge is 0.412 e. The summed E-state index contributed by atoms with van der Waals surface area (Å²) >= 11 is 0. The summed E-state index contributed by atoms with van der Waals surface area (Å²) in [5.74, 6) is 0.683. The first kappa shape index (κ1) is 24.3. The molecule has 8 heteroatoms. The minimum absolute atomic E-state index is 0. The molecule has 194 valence electrons. The van der Waals surface area contributed by atoms with Gasteiger partial charge in [0.2, 0.25) is 11.8 Å². The van der Waals surface area contributed by atoms with Crippen molar-refractivity contribution in [3.63, 3.8) is 0 Å². The number of fused-ring (bicyclic) bond motifs is 3. The van der Waals surface area contributed by atoms with E-state index in [1.54, 1.807) is 6.20 Å². The topological polar surface area (TPSA) is 118 Å². The number of amides is 2. The zero-order valence-electron chi connectivity index (χ0n) is 21.1. The fourth-order valence-corrected chi connectivity index (χ4v) is 6.43. The van der Waals surface area contributed by atoms with Crippen LogP contribution in [0.4, 0.5) is 11.5 Å². The highest BCUT2D eigenvalue weighted by Crippen LogP contribution is 2.48. The van der Waals surface area contributed by atoms with E-state index in [1.807, 2.05) is 42.5 Å². The Balaban J connectivity index is 0.00000264. The zero-order valence-corrected chi connectivity index (χ0v) is 21.1. The van der Waals surface area contributed by atoms with Crippen LogP contribution in [0.15, 0.2) is 79.1 Å². The lowest BCUT2D eigenvalue weighted by atomic mass is 9.79. The first-order chi connectivity index (χ1) is 18.0. The van der Waals surface area contributed by atoms with Crippen molar-refractivity contribution >= 4 is 23.3 Å². The van der Waals surface area contributed by atoms with E-state index in [0.29, 0.717) is 31.7 Å². The molecule has 2 aliphatic heterocycles. The van der Waals surface area contributed by atoms with Gasteiger partial charge in [-0.25, -0.2) is 4.98 Å². The van der Waals surface area contributed by atoms with E-state index in [4.69, 9.17) is 0 Å². The molecule has 2 aliphatic carbocycles. The van der Waals surface area contributed by atoms with E-state index in [-0.39, 0.29) is 23.3 Å². The molecular weight excluding hydrogens is 478 g/mol. The Hall–Kier alpha value is -4.01. The number of aromatic nitrogens is 1. The Kier molecular flexibility index (Phi) is 5.63. The average Bonchev–Trinajstić information content (AvgIpc) is 3.57. The van der Waals surface area contributed by atoms with Gasteiger partial charge in [-0.2, -0.15) is 0 Å². The molecule has 3 aromatic rings. The second-order valence-corrected chi connectivity index (χ2v) is 10.8. The number of carbonyl (C=O) groups is 2. The molecule has 0 radical (unpaired) electrons. The van der Waals surface area contributed by atoms with Crippen LogP contribution in [0.2, 0.25) is 0 Å². The molecule has 5 N–H and O–H groups in total. The van der Waals surface area contributed by atoms with Crippen molar-refractivity contribution in [3.05, 3.63) is 101 Å². The molecule has 2 aromatic carbocycles. The number of hydrogen-bond donors (Lipinski definition) is 3. The van der Waals surface area contributed by atoms with E-state index in [1.165, 1.54) is 5.56 Å². The summed E-state index contributed by atoms with van der Waals surface area (Å²) in [4.78, 5) is 33.3. The molecule has 2 atom stereocenters. The number of benzene rings is 2. The van der Waals surface area contributed by atoms with Crippen molar-refractivity contribution in [1.29, 1.82) is 0 Å². The maximum absolute atomic E-state index is 13.7. The van der Waals surface area contributed by atoms with E-state index >= 15 is 0 Å². The Bertz CT molecular complexity index is 1450. The van der Waals surface area contributed by atoms with Gasteiger partial charge in [0.05, 0.1) is 11.5 Å². The van der Waals surface area contributed by atoms with Crippen LogP contribution in [-0.2, 0) is 27.8 Å². The number of piperazine rings is 1. The number of pyridine rings is 1. The third kappa shape index (κ3) is 3.63.